The highest BCUT2D eigenvalue weighted by Gasteiger charge is 2.10. The van der Waals surface area contributed by atoms with Crippen LogP contribution in [-0.2, 0) is 0 Å². The Bertz CT molecular complexity index is 521. The maximum atomic E-state index is 12.0. The van der Waals surface area contributed by atoms with Crippen LogP contribution in [0, 0.1) is 0 Å². The van der Waals surface area contributed by atoms with E-state index in [1.54, 1.807) is 30.3 Å². The van der Waals surface area contributed by atoms with Crippen molar-refractivity contribution in [1.82, 2.24) is 0 Å². The zero-order valence-electron chi connectivity index (χ0n) is 8.35. The van der Waals surface area contributed by atoms with Gasteiger partial charge in [-0.1, -0.05) is 41.9 Å². The van der Waals surface area contributed by atoms with E-state index < -0.39 is 0 Å². The first-order valence-electron chi connectivity index (χ1n) is 4.77. The van der Waals surface area contributed by atoms with Gasteiger partial charge < -0.3 is 5.11 Å². The molecule has 0 bridgehead atoms. The molecule has 0 saturated carbocycles. The van der Waals surface area contributed by atoms with Crippen LogP contribution in [0.15, 0.2) is 48.5 Å². The highest BCUT2D eigenvalue weighted by Crippen LogP contribution is 2.24. The summed E-state index contributed by atoms with van der Waals surface area (Å²) >= 11 is 5.67. The van der Waals surface area contributed by atoms with Gasteiger partial charge in [0.25, 0.3) is 0 Å². The number of phenols is 1. The van der Waals surface area contributed by atoms with E-state index in [2.05, 4.69) is 0 Å². The molecule has 2 aromatic rings. The third-order valence-electron chi connectivity index (χ3n) is 2.24. The average Bonchev–Trinajstić information content (AvgIpc) is 2.33. The number of carbonyl (C=O) groups is 1. The van der Waals surface area contributed by atoms with Gasteiger partial charge in [0.05, 0.1) is 5.02 Å². The highest BCUT2D eigenvalue weighted by molar-refractivity contribution is 6.32. The van der Waals surface area contributed by atoms with Gasteiger partial charge in [-0.2, -0.15) is 0 Å². The van der Waals surface area contributed by atoms with Crippen LogP contribution < -0.4 is 0 Å². The van der Waals surface area contributed by atoms with E-state index in [4.69, 9.17) is 11.6 Å². The summed E-state index contributed by atoms with van der Waals surface area (Å²) in [5.41, 5.74) is 1.01. The minimum atomic E-state index is -0.132. The number of hydrogen-bond acceptors (Lipinski definition) is 2. The Morgan fingerprint density at radius 3 is 2.31 bits per heavy atom. The number of benzene rings is 2. The molecule has 0 saturated heterocycles. The Kier molecular flexibility index (Phi) is 2.93. The predicted molar refractivity (Wildman–Crippen MR) is 63.0 cm³/mol. The molecule has 0 radical (unpaired) electrons. The van der Waals surface area contributed by atoms with E-state index in [-0.39, 0.29) is 16.6 Å². The standard InChI is InChI=1S/C13H9ClO2/c14-11-7-6-10(8-12(11)15)13(16)9-4-2-1-3-5-9/h1-8,15H. The molecular formula is C13H9ClO2. The molecule has 2 nitrogen and oxygen atoms in total. The normalized spacial score (nSPS) is 10.1. The molecule has 0 unspecified atom stereocenters. The molecular weight excluding hydrogens is 224 g/mol. The number of phenolic OH excluding ortho intramolecular Hbond substituents is 1. The van der Waals surface area contributed by atoms with E-state index in [0.717, 1.165) is 0 Å². The summed E-state index contributed by atoms with van der Waals surface area (Å²) in [7, 11) is 0. The van der Waals surface area contributed by atoms with Crippen LogP contribution >= 0.6 is 11.6 Å². The van der Waals surface area contributed by atoms with Gasteiger partial charge in [-0.15, -0.1) is 0 Å². The number of ketones is 1. The van der Waals surface area contributed by atoms with Crippen molar-refractivity contribution in [3.8, 4) is 5.75 Å². The highest BCUT2D eigenvalue weighted by atomic mass is 35.5. The second kappa shape index (κ2) is 4.37. The molecule has 0 fully saturated rings. The van der Waals surface area contributed by atoms with Gasteiger partial charge in [0, 0.05) is 11.1 Å². The van der Waals surface area contributed by atoms with Crippen LogP contribution in [0.4, 0.5) is 0 Å². The molecule has 0 atom stereocenters. The predicted octanol–water partition coefficient (Wildman–Crippen LogP) is 3.28. The number of carbonyl (C=O) groups excluding carboxylic acids is 1. The fourth-order valence-corrected chi connectivity index (χ4v) is 1.53. The Morgan fingerprint density at radius 2 is 1.69 bits per heavy atom. The Labute approximate surface area is 98.1 Å². The SMILES string of the molecule is O=C(c1ccccc1)c1ccc(Cl)c(O)c1. The van der Waals surface area contributed by atoms with E-state index >= 15 is 0 Å². The second-order valence-corrected chi connectivity index (χ2v) is 3.77. The minimum Gasteiger partial charge on any atom is -0.506 e. The topological polar surface area (TPSA) is 37.3 Å². The van der Waals surface area contributed by atoms with Crippen LogP contribution in [0.2, 0.25) is 5.02 Å². The first-order valence-corrected chi connectivity index (χ1v) is 5.14. The summed E-state index contributed by atoms with van der Waals surface area (Å²) in [6.45, 7) is 0. The van der Waals surface area contributed by atoms with Crippen molar-refractivity contribution in [1.29, 1.82) is 0 Å². The molecule has 2 aromatic carbocycles. The first kappa shape index (κ1) is 10.7. The van der Waals surface area contributed by atoms with Gasteiger partial charge in [0.1, 0.15) is 5.75 Å². The molecule has 80 valence electrons. The summed E-state index contributed by atoms with van der Waals surface area (Å²) in [5.74, 6) is -0.212. The number of rotatable bonds is 2. The molecule has 16 heavy (non-hydrogen) atoms. The van der Waals surface area contributed by atoms with Gasteiger partial charge in [-0.25, -0.2) is 0 Å². The lowest BCUT2D eigenvalue weighted by atomic mass is 10.0. The Balaban J connectivity index is 2.39. The van der Waals surface area contributed by atoms with Gasteiger partial charge in [0.15, 0.2) is 5.78 Å². The molecule has 0 aliphatic heterocycles. The summed E-state index contributed by atoms with van der Waals surface area (Å²) in [4.78, 5) is 12.0. The lowest BCUT2D eigenvalue weighted by molar-refractivity contribution is 0.103. The van der Waals surface area contributed by atoms with Gasteiger partial charge in [-0.3, -0.25) is 4.79 Å². The molecule has 0 aliphatic rings. The maximum Gasteiger partial charge on any atom is 0.193 e. The number of hydrogen-bond donors (Lipinski definition) is 1. The average molecular weight is 233 g/mol. The van der Waals surface area contributed by atoms with Crippen molar-refractivity contribution in [3.63, 3.8) is 0 Å². The third kappa shape index (κ3) is 2.07. The zero-order valence-corrected chi connectivity index (χ0v) is 9.11. The van der Waals surface area contributed by atoms with Crippen molar-refractivity contribution in [2.45, 2.75) is 0 Å². The molecule has 0 spiro atoms. The number of aromatic hydroxyl groups is 1. The quantitative estimate of drug-likeness (QED) is 0.807. The monoisotopic (exact) mass is 232 g/mol. The van der Waals surface area contributed by atoms with Gasteiger partial charge in [-0.05, 0) is 18.2 Å². The Morgan fingerprint density at radius 1 is 1.00 bits per heavy atom. The van der Waals surface area contributed by atoms with Crippen LogP contribution in [0.1, 0.15) is 15.9 Å². The fraction of sp³-hybridized carbons (Fsp3) is 0. The van der Waals surface area contributed by atoms with Gasteiger partial charge >= 0.3 is 0 Å². The van der Waals surface area contributed by atoms with E-state index in [1.165, 1.54) is 12.1 Å². The van der Waals surface area contributed by atoms with Crippen molar-refractivity contribution in [3.05, 3.63) is 64.7 Å². The molecule has 0 aromatic heterocycles. The fourth-order valence-electron chi connectivity index (χ4n) is 1.41. The first-order chi connectivity index (χ1) is 7.68. The van der Waals surface area contributed by atoms with E-state index in [1.807, 2.05) is 6.07 Å². The van der Waals surface area contributed by atoms with E-state index in [9.17, 15) is 9.90 Å². The smallest absolute Gasteiger partial charge is 0.193 e. The summed E-state index contributed by atoms with van der Waals surface area (Å²) in [6, 6.07) is 13.4. The number of halogens is 1. The summed E-state index contributed by atoms with van der Waals surface area (Å²) in [6.07, 6.45) is 0. The summed E-state index contributed by atoms with van der Waals surface area (Å²) in [5, 5.41) is 9.65. The molecule has 0 heterocycles. The summed E-state index contributed by atoms with van der Waals surface area (Å²) < 4.78 is 0. The van der Waals surface area contributed by atoms with Crippen LogP contribution in [0.5, 0.6) is 5.75 Å². The van der Waals surface area contributed by atoms with Crippen LogP contribution in [0.3, 0.4) is 0 Å². The van der Waals surface area contributed by atoms with Crippen molar-refractivity contribution in [2.75, 3.05) is 0 Å². The molecule has 3 heteroatoms. The second-order valence-electron chi connectivity index (χ2n) is 3.36. The minimum absolute atomic E-state index is 0.0801. The molecule has 0 aliphatic carbocycles. The Hall–Kier alpha value is -1.80. The van der Waals surface area contributed by atoms with Crippen molar-refractivity contribution in [2.24, 2.45) is 0 Å². The third-order valence-corrected chi connectivity index (χ3v) is 2.56. The van der Waals surface area contributed by atoms with E-state index in [0.29, 0.717) is 11.1 Å². The van der Waals surface area contributed by atoms with Crippen molar-refractivity contribution >= 4 is 17.4 Å². The van der Waals surface area contributed by atoms with Crippen LogP contribution in [0.25, 0.3) is 0 Å². The molecule has 0 amide bonds. The lowest BCUT2D eigenvalue weighted by Gasteiger charge is -2.02. The lowest BCUT2D eigenvalue weighted by Crippen LogP contribution is -2.00. The zero-order chi connectivity index (χ0) is 11.5. The molecule has 1 N–H and O–H groups in total. The van der Waals surface area contributed by atoms with Crippen LogP contribution in [-0.4, -0.2) is 10.9 Å². The molecule has 2 rings (SSSR count). The maximum absolute atomic E-state index is 12.0. The largest absolute Gasteiger partial charge is 0.506 e. The van der Waals surface area contributed by atoms with Crippen molar-refractivity contribution < 1.29 is 9.90 Å². The van der Waals surface area contributed by atoms with Gasteiger partial charge in [0.2, 0.25) is 0 Å².